The molecule has 0 radical (unpaired) electrons. The molecule has 2 aromatic rings. The van der Waals surface area contributed by atoms with Gasteiger partial charge < -0.3 is 24.3 Å². The number of methoxy groups -OCH3 is 3. The van der Waals surface area contributed by atoms with E-state index in [4.69, 9.17) is 14.2 Å². The van der Waals surface area contributed by atoms with E-state index in [-0.39, 0.29) is 5.75 Å². The number of carbonyl (C=O) groups excluding carboxylic acids is 1. The Morgan fingerprint density at radius 2 is 1.56 bits per heavy atom. The second-order valence-electron chi connectivity index (χ2n) is 5.17. The number of halogens is 2. The van der Waals surface area contributed by atoms with Gasteiger partial charge in [-0.3, -0.25) is 4.79 Å². The molecular weight excluding hydrogens is 360 g/mol. The number of nitrogens with one attached hydrogen (secondary N) is 1. The predicted octanol–water partition coefficient (Wildman–Crippen LogP) is 3.97. The average molecular weight is 379 g/mol. The first-order chi connectivity index (χ1) is 13.0. The molecule has 0 aliphatic heterocycles. The molecule has 0 bridgehead atoms. The van der Waals surface area contributed by atoms with Crippen molar-refractivity contribution in [3.63, 3.8) is 0 Å². The third-order valence-corrected chi connectivity index (χ3v) is 3.50. The number of anilines is 1. The van der Waals surface area contributed by atoms with E-state index in [9.17, 15) is 13.6 Å². The molecule has 2 aromatic carbocycles. The Balaban J connectivity index is 2.10. The molecular formula is C19H19F2NO5. The number of rotatable bonds is 8. The lowest BCUT2D eigenvalue weighted by atomic mass is 10.1. The van der Waals surface area contributed by atoms with E-state index in [1.807, 2.05) is 0 Å². The zero-order valence-electron chi connectivity index (χ0n) is 15.0. The Hall–Kier alpha value is -3.29. The minimum absolute atomic E-state index is 0.00797. The summed E-state index contributed by atoms with van der Waals surface area (Å²) in [6.45, 7) is -2.90. The molecule has 0 saturated heterocycles. The molecule has 27 heavy (non-hydrogen) atoms. The van der Waals surface area contributed by atoms with Gasteiger partial charge >= 0.3 is 6.61 Å². The summed E-state index contributed by atoms with van der Waals surface area (Å²) in [7, 11) is 4.52. The summed E-state index contributed by atoms with van der Waals surface area (Å²) in [5.74, 6) is 1.10. The Bertz CT molecular complexity index is 806. The molecule has 0 heterocycles. The first-order valence-electron chi connectivity index (χ1n) is 7.80. The van der Waals surface area contributed by atoms with Crippen LogP contribution in [0.15, 0.2) is 42.5 Å². The fourth-order valence-corrected chi connectivity index (χ4v) is 2.25. The van der Waals surface area contributed by atoms with E-state index in [1.165, 1.54) is 51.7 Å². The molecule has 6 nitrogen and oxygen atoms in total. The van der Waals surface area contributed by atoms with E-state index in [0.717, 1.165) is 0 Å². The number of benzene rings is 2. The van der Waals surface area contributed by atoms with Gasteiger partial charge in [-0.25, -0.2) is 0 Å². The van der Waals surface area contributed by atoms with Crippen LogP contribution in [-0.2, 0) is 4.79 Å². The van der Waals surface area contributed by atoms with E-state index < -0.39 is 12.5 Å². The van der Waals surface area contributed by atoms with Crippen LogP contribution in [0.4, 0.5) is 14.5 Å². The summed E-state index contributed by atoms with van der Waals surface area (Å²) in [5, 5.41) is 2.62. The average Bonchev–Trinajstić information content (AvgIpc) is 2.66. The lowest BCUT2D eigenvalue weighted by molar-refractivity contribution is -0.111. The second-order valence-corrected chi connectivity index (χ2v) is 5.17. The number of alkyl halides is 2. The summed E-state index contributed by atoms with van der Waals surface area (Å²) in [4.78, 5) is 12.1. The molecule has 0 aliphatic carbocycles. The largest absolute Gasteiger partial charge is 0.496 e. The van der Waals surface area contributed by atoms with Crippen molar-refractivity contribution in [3.8, 4) is 23.0 Å². The highest BCUT2D eigenvalue weighted by atomic mass is 19.3. The summed E-state index contributed by atoms with van der Waals surface area (Å²) in [6, 6.07) is 8.92. The molecule has 2 rings (SSSR count). The number of ether oxygens (including phenoxy) is 4. The summed E-state index contributed by atoms with van der Waals surface area (Å²) >= 11 is 0. The maximum absolute atomic E-state index is 12.1. The molecule has 0 aliphatic rings. The van der Waals surface area contributed by atoms with Crippen LogP contribution in [0.2, 0.25) is 0 Å². The molecule has 144 valence electrons. The van der Waals surface area contributed by atoms with Gasteiger partial charge in [0.05, 0.1) is 21.3 Å². The van der Waals surface area contributed by atoms with Gasteiger partial charge in [0.1, 0.15) is 11.5 Å². The van der Waals surface area contributed by atoms with Crippen LogP contribution in [0.3, 0.4) is 0 Å². The zero-order valence-corrected chi connectivity index (χ0v) is 15.0. The second kappa shape index (κ2) is 9.42. The topological polar surface area (TPSA) is 66.0 Å². The minimum atomic E-state index is -2.90. The van der Waals surface area contributed by atoms with Crippen LogP contribution in [0.1, 0.15) is 5.56 Å². The van der Waals surface area contributed by atoms with Crippen molar-refractivity contribution in [2.45, 2.75) is 6.61 Å². The van der Waals surface area contributed by atoms with Crippen molar-refractivity contribution in [1.82, 2.24) is 0 Å². The first kappa shape index (κ1) is 20.0. The fraction of sp³-hybridized carbons (Fsp3) is 0.211. The van der Waals surface area contributed by atoms with Gasteiger partial charge in [-0.15, -0.1) is 0 Å². The van der Waals surface area contributed by atoms with Crippen molar-refractivity contribution in [2.24, 2.45) is 0 Å². The van der Waals surface area contributed by atoms with Crippen LogP contribution in [0.25, 0.3) is 6.08 Å². The van der Waals surface area contributed by atoms with Crippen molar-refractivity contribution in [2.75, 3.05) is 26.6 Å². The van der Waals surface area contributed by atoms with Gasteiger partial charge in [0.25, 0.3) is 0 Å². The van der Waals surface area contributed by atoms with Crippen LogP contribution in [0, 0.1) is 0 Å². The molecule has 0 spiro atoms. The predicted molar refractivity (Wildman–Crippen MR) is 96.8 cm³/mol. The monoisotopic (exact) mass is 379 g/mol. The van der Waals surface area contributed by atoms with E-state index >= 15 is 0 Å². The Morgan fingerprint density at radius 1 is 0.963 bits per heavy atom. The third-order valence-electron chi connectivity index (χ3n) is 3.50. The summed E-state index contributed by atoms with van der Waals surface area (Å²) in [5.41, 5.74) is 1.05. The standard InChI is InChI=1S/C19H19F2NO5/c1-24-15-11-17(26-3)16(25-2)10-12(15)4-9-18(23)22-13-5-7-14(8-6-13)27-19(20)21/h4-11,19H,1-3H3,(H,22,23)/b9-4+. The first-order valence-corrected chi connectivity index (χ1v) is 7.80. The number of hydrogen-bond acceptors (Lipinski definition) is 5. The summed E-state index contributed by atoms with van der Waals surface area (Å²) < 4.78 is 44.2. The molecule has 0 aromatic heterocycles. The van der Waals surface area contributed by atoms with Crippen LogP contribution < -0.4 is 24.3 Å². The molecule has 1 N–H and O–H groups in total. The van der Waals surface area contributed by atoms with Gasteiger partial charge in [-0.2, -0.15) is 8.78 Å². The molecule has 0 fully saturated rings. The van der Waals surface area contributed by atoms with Gasteiger partial charge in [-0.05, 0) is 36.4 Å². The molecule has 0 saturated carbocycles. The molecule has 0 unspecified atom stereocenters. The maximum atomic E-state index is 12.1. The Morgan fingerprint density at radius 3 is 2.11 bits per heavy atom. The Kier molecular flexibility index (Phi) is 6.99. The third kappa shape index (κ3) is 5.60. The zero-order chi connectivity index (χ0) is 19.8. The number of amides is 1. The van der Waals surface area contributed by atoms with E-state index in [1.54, 1.807) is 18.2 Å². The summed E-state index contributed by atoms with van der Waals surface area (Å²) in [6.07, 6.45) is 2.87. The lowest BCUT2D eigenvalue weighted by Crippen LogP contribution is -2.08. The highest BCUT2D eigenvalue weighted by Crippen LogP contribution is 2.35. The van der Waals surface area contributed by atoms with Gasteiger partial charge in [0.15, 0.2) is 11.5 Å². The van der Waals surface area contributed by atoms with Crippen molar-refractivity contribution in [3.05, 3.63) is 48.0 Å². The van der Waals surface area contributed by atoms with Gasteiger partial charge in [-0.1, -0.05) is 0 Å². The van der Waals surface area contributed by atoms with E-state index in [0.29, 0.717) is 28.5 Å². The molecule has 1 amide bonds. The molecule has 0 atom stereocenters. The fourth-order valence-electron chi connectivity index (χ4n) is 2.25. The highest BCUT2D eigenvalue weighted by molar-refractivity contribution is 6.02. The van der Waals surface area contributed by atoms with Crippen molar-refractivity contribution in [1.29, 1.82) is 0 Å². The van der Waals surface area contributed by atoms with Crippen LogP contribution >= 0.6 is 0 Å². The van der Waals surface area contributed by atoms with Gasteiger partial charge in [0.2, 0.25) is 5.91 Å². The number of carbonyl (C=O) groups is 1. The molecule has 8 heteroatoms. The smallest absolute Gasteiger partial charge is 0.387 e. The van der Waals surface area contributed by atoms with Crippen LogP contribution in [-0.4, -0.2) is 33.8 Å². The van der Waals surface area contributed by atoms with Crippen molar-refractivity contribution < 1.29 is 32.5 Å². The van der Waals surface area contributed by atoms with Gasteiger partial charge in [0, 0.05) is 23.4 Å². The lowest BCUT2D eigenvalue weighted by Gasteiger charge is -2.12. The van der Waals surface area contributed by atoms with E-state index in [2.05, 4.69) is 10.1 Å². The van der Waals surface area contributed by atoms with Crippen LogP contribution in [0.5, 0.6) is 23.0 Å². The number of hydrogen-bond donors (Lipinski definition) is 1. The highest BCUT2D eigenvalue weighted by Gasteiger charge is 2.10. The SMILES string of the molecule is COc1cc(OC)c(OC)cc1/C=C/C(=O)Nc1ccc(OC(F)F)cc1. The maximum Gasteiger partial charge on any atom is 0.387 e. The minimum Gasteiger partial charge on any atom is -0.496 e. The normalized spacial score (nSPS) is 10.7. The Labute approximate surface area is 155 Å². The van der Waals surface area contributed by atoms with Crippen molar-refractivity contribution >= 4 is 17.7 Å². The quantitative estimate of drug-likeness (QED) is 0.703.